The van der Waals surface area contributed by atoms with Gasteiger partial charge in [0.25, 0.3) is 0 Å². The Bertz CT molecular complexity index is 6260. The lowest BCUT2D eigenvalue weighted by Gasteiger charge is -2.35. The minimum absolute atomic E-state index is 0.147. The Kier molecular flexibility index (Phi) is 25.1. The van der Waals surface area contributed by atoms with Crippen molar-refractivity contribution in [1.29, 1.82) is 0 Å². The Balaban J connectivity index is 0.926. The third kappa shape index (κ3) is 16.1. The highest BCUT2D eigenvalue weighted by Gasteiger charge is 2.48. The van der Waals surface area contributed by atoms with Crippen LogP contribution < -0.4 is 104 Å². The average molecular weight is 1890 g/mol. The molecule has 0 saturated carbocycles. The summed E-state index contributed by atoms with van der Waals surface area (Å²) >= 11 is 0. The van der Waals surface area contributed by atoms with Crippen molar-refractivity contribution in [3.8, 4) is 28.7 Å². The van der Waals surface area contributed by atoms with Crippen LogP contribution in [0.3, 0.4) is 0 Å². The number of nitrogens with zero attached hydrogens (tertiary/aromatic N) is 5. The zero-order chi connectivity index (χ0) is 94.9. The van der Waals surface area contributed by atoms with Crippen molar-refractivity contribution in [3.05, 3.63) is 543 Å². The molecule has 0 saturated heterocycles. The second kappa shape index (κ2) is 39.3. The lowest BCUT2D eigenvalue weighted by atomic mass is 10.1. The van der Waals surface area contributed by atoms with Crippen LogP contribution in [0.2, 0.25) is 0 Å². The Labute approximate surface area is 820 Å². The zero-order valence-corrected chi connectivity index (χ0v) is 81.4. The van der Waals surface area contributed by atoms with E-state index in [2.05, 4.69) is 364 Å². The molecule has 10 nitrogen and oxygen atoms in total. The van der Waals surface area contributed by atoms with Crippen molar-refractivity contribution in [1.82, 2.24) is 0 Å². The highest BCUT2D eigenvalue weighted by atomic mass is 28.3. The minimum Gasteiger partial charge on any atom is -0.505 e. The molecule has 0 fully saturated rings. The van der Waals surface area contributed by atoms with E-state index in [9.17, 15) is 25.5 Å². The molecule has 20 aromatic rings. The number of rotatable bonds is 20. The molecule has 1 aliphatic heterocycles. The number of aliphatic imine (C=N–C) groups is 5. The molecule has 0 aliphatic carbocycles. The molecule has 1 aliphatic rings. The summed E-state index contributed by atoms with van der Waals surface area (Å²) in [5.74, 6) is -1.21. The van der Waals surface area contributed by atoms with Crippen LogP contribution in [-0.4, -0.2) is 97.0 Å². The van der Waals surface area contributed by atoms with E-state index in [4.69, 9.17) is 25.0 Å². The number of benzene rings is 20. The molecule has 10 bridgehead atoms. The Morgan fingerprint density at radius 1 is 0.114 bits per heavy atom. The molecular weight excluding hydrogens is 1790 g/mol. The predicted molar refractivity (Wildman–Crippen MR) is 595 cm³/mol. The van der Waals surface area contributed by atoms with Crippen LogP contribution in [-0.2, 0) is 0 Å². The summed E-state index contributed by atoms with van der Waals surface area (Å²) in [6.45, 7) is 0. The third-order valence-electron chi connectivity index (χ3n) is 27.6. The second-order valence-electron chi connectivity index (χ2n) is 35.2. The lowest BCUT2D eigenvalue weighted by Crippen LogP contribution is -2.74. The van der Waals surface area contributed by atoms with Crippen molar-refractivity contribution >= 4 is 204 Å². The summed E-state index contributed by atoms with van der Waals surface area (Å²) in [5, 5.41) is 89.7. The van der Waals surface area contributed by atoms with E-state index in [1.807, 2.05) is 152 Å². The van der Waals surface area contributed by atoms with Crippen LogP contribution in [0.25, 0.3) is 0 Å². The number of phenols is 5. The zero-order valence-electron chi connectivity index (χ0n) is 76.4. The Morgan fingerprint density at radius 3 is 0.300 bits per heavy atom. The molecule has 0 spiro atoms. The quantitative estimate of drug-likeness (QED) is 0.0378. The summed E-state index contributed by atoms with van der Waals surface area (Å²) in [7, 11) is -18.0. The van der Waals surface area contributed by atoms with Crippen LogP contribution in [0.1, 0.15) is 27.8 Å². The van der Waals surface area contributed by atoms with Crippen LogP contribution in [0.4, 0.5) is 28.4 Å². The van der Waals surface area contributed by atoms with Gasteiger partial charge in [-0.15, -0.1) is 0 Å². The van der Waals surface area contributed by atoms with Gasteiger partial charge in [-0.2, -0.15) is 0 Å². The standard InChI is InChI=1S/C125H95N5O5Si5/c131-121-91-76-111(136(96-46-16-1-17-47-96,97-48-18-2-19-49-97)98-50-20-3-21-51-98)81-116(121)126-87-92-77-112(137(99-52-22-4-23-53-99,100-54-24-5-25-55-100)101-56-26-6-27-57-101)83-118(122(92)132)128-89-94-79-114(139(105-64-34-10-35-65-105,106-66-36-11-37-67-106)107-68-38-12-39-69-107)85-120(124(94)134)130-90-95-80-115(140(108-70-40-13-41-71-108,109-72-42-14-43-73-109)110-74-44-15-45-75-110)84-119(125(95)135)129-88-93-78-113(82-117(123(93)133)127-86-91)138(102-58-28-7-29-59-102,103-60-30-8-31-61-103)104-62-32-9-33-63-104/h1-90,131-135H. The average Bonchev–Trinajstić information content (AvgIpc) is 0.739. The van der Waals surface area contributed by atoms with Gasteiger partial charge >= 0.3 is 0 Å². The first kappa shape index (κ1) is 89.4. The highest BCUT2D eigenvalue weighted by molar-refractivity contribution is 7.22. The largest absolute Gasteiger partial charge is 0.505 e. The van der Waals surface area contributed by atoms with Crippen molar-refractivity contribution in [2.45, 2.75) is 0 Å². The summed E-state index contributed by atoms with van der Waals surface area (Å²) in [4.78, 5) is 27.7. The van der Waals surface area contributed by atoms with E-state index >= 15 is 0 Å². The maximum Gasteiger partial charge on any atom is 0.179 e. The molecule has 0 radical (unpaired) electrons. The summed E-state index contributed by atoms with van der Waals surface area (Å²) in [6.07, 6.45) is 8.15. The molecule has 0 unspecified atom stereocenters. The second-order valence-corrected chi connectivity index (χ2v) is 54.2. The van der Waals surface area contributed by atoms with Gasteiger partial charge in [0, 0.05) is 58.9 Å². The topological polar surface area (TPSA) is 163 Å². The molecule has 21 rings (SSSR count). The fourth-order valence-electron chi connectivity index (χ4n) is 21.3. The van der Waals surface area contributed by atoms with Gasteiger partial charge in [0.2, 0.25) is 0 Å². The van der Waals surface area contributed by atoms with E-state index in [1.54, 1.807) is 31.1 Å². The van der Waals surface area contributed by atoms with Crippen molar-refractivity contribution < 1.29 is 25.5 Å². The molecule has 1 heterocycles. The van der Waals surface area contributed by atoms with Gasteiger partial charge in [0.15, 0.2) is 40.4 Å². The first-order valence-electron chi connectivity index (χ1n) is 46.9. The van der Waals surface area contributed by atoms with Gasteiger partial charge in [0.1, 0.15) is 57.2 Å². The van der Waals surface area contributed by atoms with Gasteiger partial charge < -0.3 is 25.5 Å². The molecule has 670 valence electrons. The smallest absolute Gasteiger partial charge is 0.179 e. The van der Waals surface area contributed by atoms with Crippen molar-refractivity contribution in [2.24, 2.45) is 25.0 Å². The highest BCUT2D eigenvalue weighted by Crippen LogP contribution is 2.39. The number of fused-ring (bicyclic) bond motifs is 10. The van der Waals surface area contributed by atoms with Gasteiger partial charge in [-0.3, -0.25) is 25.0 Å². The van der Waals surface area contributed by atoms with Crippen LogP contribution in [0, 0.1) is 0 Å². The minimum atomic E-state index is -3.60. The van der Waals surface area contributed by atoms with E-state index < -0.39 is 40.4 Å². The molecule has 15 heteroatoms. The lowest BCUT2D eigenvalue weighted by molar-refractivity contribution is 0.474. The number of hydrogen-bond donors (Lipinski definition) is 5. The summed E-state index contributed by atoms with van der Waals surface area (Å²) in [6, 6.07) is 178. The van der Waals surface area contributed by atoms with E-state index in [1.165, 1.54) is 0 Å². The van der Waals surface area contributed by atoms with Gasteiger partial charge in [0.05, 0.1) is 0 Å². The first-order chi connectivity index (χ1) is 69.0. The molecule has 0 atom stereocenters. The van der Waals surface area contributed by atoms with Gasteiger partial charge in [-0.25, -0.2) is 0 Å². The maximum atomic E-state index is 14.0. The maximum absolute atomic E-state index is 14.0. The van der Waals surface area contributed by atoms with Gasteiger partial charge in [-0.1, -0.05) is 455 Å². The molecule has 0 amide bonds. The van der Waals surface area contributed by atoms with E-state index in [0.717, 1.165) is 104 Å². The summed E-state index contributed by atoms with van der Waals surface area (Å²) in [5.41, 5.74) is 2.07. The monoisotopic (exact) mass is 1890 g/mol. The number of hydrogen-bond acceptors (Lipinski definition) is 10. The summed E-state index contributed by atoms with van der Waals surface area (Å²) < 4.78 is 0. The van der Waals surface area contributed by atoms with Crippen LogP contribution in [0.5, 0.6) is 28.7 Å². The number of phenolic OH excluding ortho intramolecular Hbond substituents is 5. The fourth-order valence-corrected chi connectivity index (χ4v) is 45.3. The van der Waals surface area contributed by atoms with Crippen LogP contribution in [0.15, 0.2) is 541 Å². The van der Waals surface area contributed by atoms with Crippen molar-refractivity contribution in [3.63, 3.8) is 0 Å². The van der Waals surface area contributed by atoms with Crippen LogP contribution >= 0.6 is 0 Å². The molecule has 0 aromatic heterocycles. The van der Waals surface area contributed by atoms with E-state index in [0.29, 0.717) is 0 Å². The van der Waals surface area contributed by atoms with E-state index in [-0.39, 0.29) is 85.0 Å². The predicted octanol–water partition coefficient (Wildman–Crippen LogP) is 14.2. The SMILES string of the molecule is Oc1c2cc([Si](c3ccccc3)(c3ccccc3)c3ccccc3)cc1N=Cc1cc([Si](c3ccccc3)(c3ccccc3)c3ccccc3)cc(c1O)N=Cc1cc([Si](c3ccccc3)(c3ccccc3)c3ccccc3)cc(c1O)N=Cc1cc([Si](c3ccccc3)(c3ccccc3)c3ccccc3)cc(c1O)N=Cc1cc([Si](c3ccccc3)(c3ccccc3)c3ccccc3)cc(c1O)N=C2. The van der Waals surface area contributed by atoms with Crippen molar-refractivity contribution in [2.75, 3.05) is 0 Å². The van der Waals surface area contributed by atoms with Gasteiger partial charge in [-0.05, 0) is 164 Å². The first-order valence-corrected chi connectivity index (χ1v) is 56.9. The normalized spacial score (nSPS) is 12.3. The Hall–Kier alpha value is -17.2. The molecule has 5 N–H and O–H groups in total. The fraction of sp³-hybridized carbons (Fsp3) is 0. The molecule has 20 aromatic carbocycles. The molecular formula is C125H95N5O5Si5. The molecule has 140 heavy (non-hydrogen) atoms. The number of aromatic hydroxyl groups is 5. The Morgan fingerprint density at radius 2 is 0.207 bits per heavy atom. The third-order valence-corrected chi connectivity index (χ3v) is 51.3.